The first kappa shape index (κ1) is 25.7. The lowest BCUT2D eigenvalue weighted by Crippen LogP contribution is -2.41. The number of pyridine rings is 1. The zero-order chi connectivity index (χ0) is 26.1. The van der Waals surface area contributed by atoms with E-state index in [0.717, 1.165) is 16.9 Å². The van der Waals surface area contributed by atoms with Gasteiger partial charge in [0, 0.05) is 24.8 Å². The van der Waals surface area contributed by atoms with Crippen molar-refractivity contribution in [2.24, 2.45) is 11.7 Å². The molecule has 1 aliphatic heterocycles. The highest BCUT2D eigenvalue weighted by Gasteiger charge is 2.40. The number of aromatic nitrogens is 2. The Kier molecular flexibility index (Phi) is 7.12. The van der Waals surface area contributed by atoms with Crippen LogP contribution < -0.4 is 20.7 Å². The zero-order valence-corrected chi connectivity index (χ0v) is 21.0. The summed E-state index contributed by atoms with van der Waals surface area (Å²) in [5.74, 6) is -0.192. The molecule has 36 heavy (non-hydrogen) atoms. The Labute approximate surface area is 211 Å². The third-order valence-electron chi connectivity index (χ3n) is 5.90. The van der Waals surface area contributed by atoms with E-state index >= 15 is 0 Å². The lowest BCUT2D eigenvalue weighted by atomic mass is 9.86. The summed E-state index contributed by atoms with van der Waals surface area (Å²) < 4.78 is 47.8. The number of nitrogens with one attached hydrogen (secondary N) is 1. The van der Waals surface area contributed by atoms with E-state index in [1.807, 2.05) is 24.3 Å². The molecule has 1 saturated heterocycles. The highest BCUT2D eigenvalue weighted by Crippen LogP contribution is 2.44. The molecule has 3 aromatic rings. The van der Waals surface area contributed by atoms with Crippen LogP contribution in [0.3, 0.4) is 0 Å². The maximum Gasteiger partial charge on any atom is 0.436 e. The van der Waals surface area contributed by atoms with Gasteiger partial charge in [-0.3, -0.25) is 4.79 Å². The molecular formula is C25H28F3N5O2S. The first-order valence-electron chi connectivity index (χ1n) is 11.5. The minimum Gasteiger partial charge on any atom is -0.437 e. The van der Waals surface area contributed by atoms with Gasteiger partial charge in [0.05, 0.1) is 5.92 Å². The lowest BCUT2D eigenvalue weighted by Gasteiger charge is -2.32. The number of halogens is 3. The number of benzene rings is 1. The number of alkyl halides is 3. The SMILES string of the molecule is CC(C)(C)c1ccccc1Oc1ncccc1Nc1nc(C(F)(F)F)c(N2CCCC(C(N)=O)C2)s1. The van der Waals surface area contributed by atoms with Crippen molar-refractivity contribution in [3.63, 3.8) is 0 Å². The number of rotatable bonds is 6. The van der Waals surface area contributed by atoms with Gasteiger partial charge in [-0.25, -0.2) is 9.97 Å². The van der Waals surface area contributed by atoms with Gasteiger partial charge in [0.25, 0.3) is 0 Å². The Hall–Kier alpha value is -3.34. The monoisotopic (exact) mass is 519 g/mol. The van der Waals surface area contributed by atoms with Crippen LogP contribution in [0.4, 0.5) is 29.0 Å². The molecule has 192 valence electrons. The number of carbonyl (C=O) groups excluding carboxylic acids is 1. The quantitative estimate of drug-likeness (QED) is 0.409. The van der Waals surface area contributed by atoms with Crippen LogP contribution in [0.15, 0.2) is 42.6 Å². The number of nitrogens with two attached hydrogens (primary N) is 1. The topological polar surface area (TPSA) is 93.4 Å². The number of anilines is 3. The van der Waals surface area contributed by atoms with Gasteiger partial charge in [0.2, 0.25) is 11.8 Å². The van der Waals surface area contributed by atoms with Crippen molar-refractivity contribution in [1.82, 2.24) is 9.97 Å². The van der Waals surface area contributed by atoms with Crippen LogP contribution in [0.25, 0.3) is 0 Å². The molecule has 1 unspecified atom stereocenters. The van der Waals surface area contributed by atoms with Gasteiger partial charge in [-0.2, -0.15) is 13.2 Å². The second-order valence-electron chi connectivity index (χ2n) is 9.69. The molecular weight excluding hydrogens is 491 g/mol. The molecule has 2 aromatic heterocycles. The molecule has 0 bridgehead atoms. The van der Waals surface area contributed by atoms with Gasteiger partial charge in [-0.05, 0) is 36.5 Å². The smallest absolute Gasteiger partial charge is 0.436 e. The van der Waals surface area contributed by atoms with Crippen molar-refractivity contribution in [1.29, 1.82) is 0 Å². The van der Waals surface area contributed by atoms with Gasteiger partial charge < -0.3 is 20.7 Å². The second kappa shape index (κ2) is 9.96. The molecule has 7 nitrogen and oxygen atoms in total. The molecule has 1 amide bonds. The summed E-state index contributed by atoms with van der Waals surface area (Å²) >= 11 is 0.872. The molecule has 4 rings (SSSR count). The molecule has 3 N–H and O–H groups in total. The number of nitrogens with zero attached hydrogens (tertiary/aromatic N) is 3. The third-order valence-corrected chi connectivity index (χ3v) is 6.93. The predicted molar refractivity (Wildman–Crippen MR) is 134 cm³/mol. The minimum atomic E-state index is -4.66. The van der Waals surface area contributed by atoms with E-state index in [2.05, 4.69) is 36.1 Å². The van der Waals surface area contributed by atoms with Crippen LogP contribution >= 0.6 is 11.3 Å². The Morgan fingerprint density at radius 1 is 1.19 bits per heavy atom. The third kappa shape index (κ3) is 5.72. The molecule has 1 aromatic carbocycles. The highest BCUT2D eigenvalue weighted by molar-refractivity contribution is 7.19. The first-order chi connectivity index (χ1) is 16.9. The number of ether oxygens (including phenoxy) is 1. The van der Waals surface area contributed by atoms with Gasteiger partial charge in [-0.1, -0.05) is 50.3 Å². The normalized spacial score (nSPS) is 16.6. The standard InChI is InChI=1S/C25H28F3N5O2S/c1-24(2,3)16-9-4-5-11-18(16)35-21-17(10-6-12-30-21)31-23-32-19(25(26,27)28)22(36-23)33-13-7-8-15(14-33)20(29)34/h4-6,9-12,15H,7-8,13-14H2,1-3H3,(H2,29,34)(H,31,32). The van der Waals surface area contributed by atoms with Gasteiger partial charge in [-0.15, -0.1) is 0 Å². The second-order valence-corrected chi connectivity index (χ2v) is 10.7. The molecule has 3 heterocycles. The van der Waals surface area contributed by atoms with Crippen molar-refractivity contribution < 1.29 is 22.7 Å². The number of thiazole rings is 1. The summed E-state index contributed by atoms with van der Waals surface area (Å²) in [7, 11) is 0. The van der Waals surface area contributed by atoms with Crippen LogP contribution in [0.5, 0.6) is 11.6 Å². The fourth-order valence-electron chi connectivity index (χ4n) is 4.12. The van der Waals surface area contributed by atoms with Crippen molar-refractivity contribution >= 4 is 33.1 Å². The summed E-state index contributed by atoms with van der Waals surface area (Å²) in [5, 5.41) is 2.96. The number of piperidine rings is 1. The van der Waals surface area contributed by atoms with Crippen LogP contribution in [-0.2, 0) is 16.4 Å². The molecule has 0 radical (unpaired) electrons. The van der Waals surface area contributed by atoms with Gasteiger partial charge in [0.1, 0.15) is 16.4 Å². The van der Waals surface area contributed by atoms with Crippen LogP contribution in [0.2, 0.25) is 0 Å². The van der Waals surface area contributed by atoms with E-state index in [-0.39, 0.29) is 28.0 Å². The summed E-state index contributed by atoms with van der Waals surface area (Å²) in [6.45, 7) is 6.70. The Balaban J connectivity index is 1.65. The molecule has 1 fully saturated rings. The fourth-order valence-corrected chi connectivity index (χ4v) is 5.15. The van der Waals surface area contributed by atoms with E-state index in [0.29, 0.717) is 30.8 Å². The van der Waals surface area contributed by atoms with Crippen molar-refractivity contribution in [2.45, 2.75) is 45.2 Å². The van der Waals surface area contributed by atoms with Crippen LogP contribution in [0.1, 0.15) is 44.9 Å². The van der Waals surface area contributed by atoms with Gasteiger partial charge >= 0.3 is 6.18 Å². The molecule has 0 aliphatic carbocycles. The van der Waals surface area contributed by atoms with Crippen LogP contribution in [0, 0.1) is 5.92 Å². The molecule has 0 saturated carbocycles. The van der Waals surface area contributed by atoms with E-state index in [1.54, 1.807) is 23.2 Å². The predicted octanol–water partition coefficient (Wildman–Crippen LogP) is 6.09. The zero-order valence-electron chi connectivity index (χ0n) is 20.2. The molecule has 1 aliphatic rings. The highest BCUT2D eigenvalue weighted by atomic mass is 32.1. The van der Waals surface area contributed by atoms with Crippen molar-refractivity contribution in [3.05, 3.63) is 53.9 Å². The number of primary amides is 1. The van der Waals surface area contributed by atoms with Crippen molar-refractivity contribution in [3.8, 4) is 11.6 Å². The average molecular weight is 520 g/mol. The van der Waals surface area contributed by atoms with E-state index in [4.69, 9.17) is 10.5 Å². The number of amides is 1. The summed E-state index contributed by atoms with van der Waals surface area (Å²) in [6, 6.07) is 10.9. The van der Waals surface area contributed by atoms with Crippen LogP contribution in [-0.4, -0.2) is 29.0 Å². The number of para-hydroxylation sites is 1. The maximum absolute atomic E-state index is 13.9. The van der Waals surface area contributed by atoms with E-state index < -0.39 is 23.7 Å². The Morgan fingerprint density at radius 3 is 2.64 bits per heavy atom. The average Bonchev–Trinajstić information content (AvgIpc) is 3.25. The molecule has 0 spiro atoms. The van der Waals surface area contributed by atoms with Crippen molar-refractivity contribution in [2.75, 3.05) is 23.3 Å². The fraction of sp³-hybridized carbons (Fsp3) is 0.400. The summed E-state index contributed by atoms with van der Waals surface area (Å²) in [4.78, 5) is 21.4. The number of hydrogen-bond acceptors (Lipinski definition) is 7. The maximum atomic E-state index is 13.9. The summed E-state index contributed by atoms with van der Waals surface area (Å²) in [6.07, 6.45) is -1.99. The number of carbonyl (C=O) groups is 1. The minimum absolute atomic E-state index is 0.0413. The Morgan fingerprint density at radius 2 is 1.94 bits per heavy atom. The largest absolute Gasteiger partial charge is 0.437 e. The van der Waals surface area contributed by atoms with Gasteiger partial charge in [0.15, 0.2) is 10.8 Å². The van der Waals surface area contributed by atoms with E-state index in [1.165, 1.54) is 0 Å². The molecule has 11 heteroatoms. The molecule has 1 atom stereocenters. The Bertz CT molecular complexity index is 1240. The van der Waals surface area contributed by atoms with E-state index in [9.17, 15) is 18.0 Å². The first-order valence-corrected chi connectivity index (χ1v) is 12.4. The number of hydrogen-bond donors (Lipinski definition) is 2. The lowest BCUT2D eigenvalue weighted by molar-refractivity contribution is -0.140. The summed E-state index contributed by atoms with van der Waals surface area (Å²) in [5.41, 5.74) is 5.58.